The number of rotatable bonds is 9. The summed E-state index contributed by atoms with van der Waals surface area (Å²) in [5.41, 5.74) is 2.40. The fourth-order valence-electron chi connectivity index (χ4n) is 2.40. The standard InChI is InChI=1S/C22H31NO2/c1-16(2)15-24-21-12-8-20(9-13-21)23-14-18(5)25-22-10-6-19(7-11-22)17(3)4/h6-13,16-18,23H,14-15H2,1-5H3/t18-/m1/s1. The molecule has 0 aliphatic heterocycles. The zero-order chi connectivity index (χ0) is 18.2. The average molecular weight is 341 g/mol. The van der Waals surface area contributed by atoms with E-state index in [1.807, 2.05) is 36.4 Å². The molecule has 0 saturated heterocycles. The molecule has 0 bridgehead atoms. The fourth-order valence-corrected chi connectivity index (χ4v) is 2.40. The van der Waals surface area contributed by atoms with Gasteiger partial charge in [0.1, 0.15) is 17.6 Å². The van der Waals surface area contributed by atoms with E-state index in [1.165, 1.54) is 5.56 Å². The van der Waals surface area contributed by atoms with Gasteiger partial charge in [-0.05, 0) is 60.7 Å². The van der Waals surface area contributed by atoms with Crippen molar-refractivity contribution in [3.05, 3.63) is 54.1 Å². The van der Waals surface area contributed by atoms with Crippen molar-refractivity contribution in [3.8, 4) is 11.5 Å². The third-order valence-corrected chi connectivity index (χ3v) is 3.92. The molecule has 2 aromatic rings. The Morgan fingerprint density at radius 3 is 1.96 bits per heavy atom. The third kappa shape index (κ3) is 6.69. The Morgan fingerprint density at radius 2 is 1.40 bits per heavy atom. The van der Waals surface area contributed by atoms with Gasteiger partial charge in [0.15, 0.2) is 0 Å². The van der Waals surface area contributed by atoms with E-state index in [4.69, 9.17) is 9.47 Å². The predicted molar refractivity (Wildman–Crippen MR) is 106 cm³/mol. The Bertz CT molecular complexity index is 617. The van der Waals surface area contributed by atoms with Gasteiger partial charge in [-0.15, -0.1) is 0 Å². The van der Waals surface area contributed by atoms with Crippen LogP contribution >= 0.6 is 0 Å². The van der Waals surface area contributed by atoms with Crippen molar-refractivity contribution in [1.82, 2.24) is 0 Å². The largest absolute Gasteiger partial charge is 0.493 e. The molecule has 1 N–H and O–H groups in total. The van der Waals surface area contributed by atoms with Crippen LogP contribution in [0.2, 0.25) is 0 Å². The molecule has 1 atom stereocenters. The molecule has 0 radical (unpaired) electrons. The number of anilines is 1. The summed E-state index contributed by atoms with van der Waals surface area (Å²) in [5, 5.41) is 3.41. The number of benzene rings is 2. The van der Waals surface area contributed by atoms with Crippen LogP contribution < -0.4 is 14.8 Å². The molecule has 2 aromatic carbocycles. The predicted octanol–water partition coefficient (Wildman–Crippen LogP) is 5.72. The van der Waals surface area contributed by atoms with Gasteiger partial charge in [0.25, 0.3) is 0 Å². The van der Waals surface area contributed by atoms with Gasteiger partial charge in [-0.3, -0.25) is 0 Å². The monoisotopic (exact) mass is 341 g/mol. The van der Waals surface area contributed by atoms with E-state index in [9.17, 15) is 0 Å². The summed E-state index contributed by atoms with van der Waals surface area (Å²) in [6.07, 6.45) is 0.0850. The van der Waals surface area contributed by atoms with Gasteiger partial charge >= 0.3 is 0 Å². The molecular weight excluding hydrogens is 310 g/mol. The first-order valence-corrected chi connectivity index (χ1v) is 9.17. The Labute approximate surface area is 152 Å². The van der Waals surface area contributed by atoms with E-state index in [-0.39, 0.29) is 6.10 Å². The molecule has 0 amide bonds. The van der Waals surface area contributed by atoms with Crippen LogP contribution in [0.15, 0.2) is 48.5 Å². The quantitative estimate of drug-likeness (QED) is 0.632. The van der Waals surface area contributed by atoms with Gasteiger partial charge in [-0.1, -0.05) is 39.8 Å². The molecule has 0 aromatic heterocycles. The van der Waals surface area contributed by atoms with Gasteiger partial charge in [0.05, 0.1) is 13.2 Å². The molecule has 0 spiro atoms. The second-order valence-corrected chi connectivity index (χ2v) is 7.26. The highest BCUT2D eigenvalue weighted by molar-refractivity contribution is 5.46. The topological polar surface area (TPSA) is 30.5 Å². The minimum absolute atomic E-state index is 0.0850. The zero-order valence-corrected chi connectivity index (χ0v) is 16.1. The van der Waals surface area contributed by atoms with Crippen molar-refractivity contribution in [3.63, 3.8) is 0 Å². The van der Waals surface area contributed by atoms with Crippen LogP contribution in [-0.4, -0.2) is 19.3 Å². The van der Waals surface area contributed by atoms with Gasteiger partial charge in [0.2, 0.25) is 0 Å². The van der Waals surface area contributed by atoms with Crippen molar-refractivity contribution in [2.45, 2.75) is 46.6 Å². The maximum Gasteiger partial charge on any atom is 0.119 e. The van der Waals surface area contributed by atoms with E-state index in [1.54, 1.807) is 0 Å². The molecule has 0 aliphatic rings. The van der Waals surface area contributed by atoms with Gasteiger partial charge in [0, 0.05) is 5.69 Å². The summed E-state index contributed by atoms with van der Waals surface area (Å²) in [7, 11) is 0. The molecule has 2 rings (SSSR count). The Hall–Kier alpha value is -2.16. The van der Waals surface area contributed by atoms with E-state index in [0.29, 0.717) is 11.8 Å². The van der Waals surface area contributed by atoms with Crippen molar-refractivity contribution < 1.29 is 9.47 Å². The van der Waals surface area contributed by atoms with Gasteiger partial charge in [-0.2, -0.15) is 0 Å². The number of nitrogens with one attached hydrogen (secondary N) is 1. The van der Waals surface area contributed by atoms with Crippen LogP contribution in [0, 0.1) is 5.92 Å². The molecule has 136 valence electrons. The average Bonchev–Trinajstić information content (AvgIpc) is 2.59. The fraction of sp³-hybridized carbons (Fsp3) is 0.455. The summed E-state index contributed by atoms with van der Waals surface area (Å²) < 4.78 is 11.7. The molecule has 0 saturated carbocycles. The van der Waals surface area contributed by atoms with Crippen LogP contribution in [0.25, 0.3) is 0 Å². The van der Waals surface area contributed by atoms with Crippen molar-refractivity contribution in [2.75, 3.05) is 18.5 Å². The first kappa shape index (κ1) is 19.2. The number of hydrogen-bond donors (Lipinski definition) is 1. The lowest BCUT2D eigenvalue weighted by Gasteiger charge is -2.17. The SMILES string of the molecule is CC(C)COc1ccc(NC[C@@H](C)Oc2ccc(C(C)C)cc2)cc1. The van der Waals surface area contributed by atoms with E-state index < -0.39 is 0 Å². The van der Waals surface area contributed by atoms with E-state index in [2.05, 4.69) is 52.1 Å². The van der Waals surface area contributed by atoms with Gasteiger partial charge in [-0.25, -0.2) is 0 Å². The Morgan fingerprint density at radius 1 is 0.800 bits per heavy atom. The summed E-state index contributed by atoms with van der Waals surface area (Å²) in [6, 6.07) is 16.5. The smallest absolute Gasteiger partial charge is 0.119 e. The summed E-state index contributed by atoms with van der Waals surface area (Å²) in [5.74, 6) is 2.90. The lowest BCUT2D eigenvalue weighted by atomic mass is 10.0. The molecule has 3 nitrogen and oxygen atoms in total. The second kappa shape index (κ2) is 9.36. The number of ether oxygens (including phenoxy) is 2. The minimum atomic E-state index is 0.0850. The molecular formula is C22H31NO2. The lowest BCUT2D eigenvalue weighted by molar-refractivity contribution is 0.234. The highest BCUT2D eigenvalue weighted by atomic mass is 16.5. The van der Waals surface area contributed by atoms with Crippen LogP contribution in [0.5, 0.6) is 11.5 Å². The summed E-state index contributed by atoms with van der Waals surface area (Å²) in [4.78, 5) is 0. The van der Waals surface area contributed by atoms with Crippen LogP contribution in [-0.2, 0) is 0 Å². The zero-order valence-electron chi connectivity index (χ0n) is 16.1. The summed E-state index contributed by atoms with van der Waals surface area (Å²) >= 11 is 0. The molecule has 0 heterocycles. The molecule has 0 fully saturated rings. The Balaban J connectivity index is 1.78. The normalized spacial score (nSPS) is 12.3. The van der Waals surface area contributed by atoms with Gasteiger partial charge < -0.3 is 14.8 Å². The first-order valence-electron chi connectivity index (χ1n) is 9.17. The minimum Gasteiger partial charge on any atom is -0.493 e. The molecule has 0 aliphatic carbocycles. The highest BCUT2D eigenvalue weighted by Crippen LogP contribution is 2.20. The molecule has 0 unspecified atom stereocenters. The molecule has 25 heavy (non-hydrogen) atoms. The maximum atomic E-state index is 5.97. The lowest BCUT2D eigenvalue weighted by Crippen LogP contribution is -2.22. The van der Waals surface area contributed by atoms with Crippen LogP contribution in [0.3, 0.4) is 0 Å². The highest BCUT2D eigenvalue weighted by Gasteiger charge is 2.06. The molecule has 3 heteroatoms. The first-order chi connectivity index (χ1) is 11.9. The van der Waals surface area contributed by atoms with Crippen LogP contribution in [0.1, 0.15) is 46.1 Å². The third-order valence-electron chi connectivity index (χ3n) is 3.92. The summed E-state index contributed by atoms with van der Waals surface area (Å²) in [6.45, 7) is 12.2. The number of hydrogen-bond acceptors (Lipinski definition) is 3. The van der Waals surface area contributed by atoms with Crippen molar-refractivity contribution >= 4 is 5.69 Å². The van der Waals surface area contributed by atoms with Crippen molar-refractivity contribution in [1.29, 1.82) is 0 Å². The Kier molecular flexibility index (Phi) is 7.17. The maximum absolute atomic E-state index is 5.97. The van der Waals surface area contributed by atoms with Crippen LogP contribution in [0.4, 0.5) is 5.69 Å². The van der Waals surface area contributed by atoms with E-state index >= 15 is 0 Å². The van der Waals surface area contributed by atoms with E-state index in [0.717, 1.165) is 30.3 Å². The van der Waals surface area contributed by atoms with Crippen molar-refractivity contribution in [2.24, 2.45) is 5.92 Å². The second-order valence-electron chi connectivity index (χ2n) is 7.26.